The molecule has 17 heavy (non-hydrogen) atoms. The molecule has 102 valence electrons. The van der Waals surface area contributed by atoms with Crippen LogP contribution in [0.4, 0.5) is 0 Å². The topological polar surface area (TPSA) is 33.7 Å². The third kappa shape index (κ3) is 6.36. The Bertz CT molecular complexity index is 182. The zero-order valence-electron chi connectivity index (χ0n) is 11.6. The Labute approximate surface area is 106 Å². The van der Waals surface area contributed by atoms with Crippen LogP contribution < -0.4 is 5.32 Å². The number of hydrogen-bond acceptors (Lipinski definition) is 4. The van der Waals surface area contributed by atoms with Gasteiger partial charge >= 0.3 is 0 Å². The van der Waals surface area contributed by atoms with Gasteiger partial charge in [-0.2, -0.15) is 0 Å². The highest BCUT2D eigenvalue weighted by Gasteiger charge is 2.14. The summed E-state index contributed by atoms with van der Waals surface area (Å²) in [5, 5.41) is 3.62. The van der Waals surface area contributed by atoms with Crippen molar-refractivity contribution in [3.8, 4) is 0 Å². The molecule has 1 fully saturated rings. The van der Waals surface area contributed by atoms with E-state index >= 15 is 0 Å². The van der Waals surface area contributed by atoms with E-state index in [2.05, 4.69) is 24.1 Å². The van der Waals surface area contributed by atoms with Crippen molar-refractivity contribution < 1.29 is 9.47 Å². The van der Waals surface area contributed by atoms with Gasteiger partial charge in [-0.15, -0.1) is 0 Å². The smallest absolute Gasteiger partial charge is 0.0589 e. The summed E-state index contributed by atoms with van der Waals surface area (Å²) in [5.74, 6) is 0. The van der Waals surface area contributed by atoms with Crippen molar-refractivity contribution in [2.75, 3.05) is 46.6 Å². The molecule has 4 heteroatoms. The molecule has 1 aliphatic heterocycles. The lowest BCUT2D eigenvalue weighted by Crippen LogP contribution is -2.42. The molecule has 4 nitrogen and oxygen atoms in total. The summed E-state index contributed by atoms with van der Waals surface area (Å²) >= 11 is 0. The van der Waals surface area contributed by atoms with E-state index in [1.165, 1.54) is 0 Å². The SMILES string of the molecule is COCCN(CCNC1CCOCC1)C(C)C. The maximum absolute atomic E-state index is 5.35. The molecule has 0 spiro atoms. The number of methoxy groups -OCH3 is 1. The van der Waals surface area contributed by atoms with Gasteiger partial charge in [-0.05, 0) is 26.7 Å². The first kappa shape index (κ1) is 14.9. The van der Waals surface area contributed by atoms with Crippen molar-refractivity contribution in [3.63, 3.8) is 0 Å². The van der Waals surface area contributed by atoms with Gasteiger partial charge in [0.1, 0.15) is 0 Å². The quantitative estimate of drug-likeness (QED) is 0.693. The molecule has 0 aromatic heterocycles. The number of rotatable bonds is 8. The van der Waals surface area contributed by atoms with Crippen molar-refractivity contribution in [2.45, 2.75) is 38.8 Å². The highest BCUT2D eigenvalue weighted by molar-refractivity contribution is 4.72. The van der Waals surface area contributed by atoms with Crippen LogP contribution in [0.25, 0.3) is 0 Å². The molecular weight excluding hydrogens is 216 g/mol. The highest BCUT2D eigenvalue weighted by atomic mass is 16.5. The minimum atomic E-state index is 0.585. The zero-order chi connectivity index (χ0) is 12.5. The standard InChI is InChI=1S/C13H28N2O2/c1-12(2)15(8-11-16-3)7-6-14-13-4-9-17-10-5-13/h12-14H,4-11H2,1-3H3. The summed E-state index contributed by atoms with van der Waals surface area (Å²) in [5.41, 5.74) is 0. The number of hydrogen-bond donors (Lipinski definition) is 1. The van der Waals surface area contributed by atoms with Gasteiger partial charge in [0, 0.05) is 52.0 Å². The van der Waals surface area contributed by atoms with E-state index in [0.717, 1.165) is 52.3 Å². The Kier molecular flexibility index (Phi) is 7.77. The van der Waals surface area contributed by atoms with Crippen LogP contribution >= 0.6 is 0 Å². The summed E-state index contributed by atoms with van der Waals surface area (Å²) in [6, 6.07) is 1.24. The molecule has 1 N–H and O–H groups in total. The number of nitrogens with one attached hydrogen (secondary N) is 1. The molecule has 0 aliphatic carbocycles. The first-order valence-corrected chi connectivity index (χ1v) is 6.78. The first-order valence-electron chi connectivity index (χ1n) is 6.78. The molecule has 0 saturated carbocycles. The Morgan fingerprint density at radius 3 is 2.59 bits per heavy atom. The lowest BCUT2D eigenvalue weighted by atomic mass is 10.1. The van der Waals surface area contributed by atoms with Crippen LogP contribution in [0.5, 0.6) is 0 Å². The summed E-state index contributed by atoms with van der Waals surface area (Å²) in [4.78, 5) is 2.45. The summed E-state index contributed by atoms with van der Waals surface area (Å²) in [6.45, 7) is 10.3. The minimum absolute atomic E-state index is 0.585. The molecule has 1 aliphatic rings. The molecule has 0 aromatic rings. The van der Waals surface area contributed by atoms with E-state index in [0.29, 0.717) is 12.1 Å². The predicted octanol–water partition coefficient (Wildman–Crippen LogP) is 1.11. The average molecular weight is 244 g/mol. The van der Waals surface area contributed by atoms with Gasteiger partial charge in [0.15, 0.2) is 0 Å². The molecule has 0 radical (unpaired) electrons. The third-order valence-electron chi connectivity index (χ3n) is 3.37. The van der Waals surface area contributed by atoms with Crippen molar-refractivity contribution in [2.24, 2.45) is 0 Å². The van der Waals surface area contributed by atoms with E-state index in [1.54, 1.807) is 7.11 Å². The normalized spacial score (nSPS) is 18.2. The van der Waals surface area contributed by atoms with Crippen molar-refractivity contribution in [1.82, 2.24) is 10.2 Å². The lowest BCUT2D eigenvalue weighted by Gasteiger charge is -2.28. The van der Waals surface area contributed by atoms with Gasteiger partial charge in [0.2, 0.25) is 0 Å². The fraction of sp³-hybridized carbons (Fsp3) is 1.00. The van der Waals surface area contributed by atoms with Crippen LogP contribution in [0, 0.1) is 0 Å². The Hall–Kier alpha value is -0.160. The summed E-state index contributed by atoms with van der Waals surface area (Å²) in [7, 11) is 1.76. The van der Waals surface area contributed by atoms with Crippen LogP contribution in [0.2, 0.25) is 0 Å². The van der Waals surface area contributed by atoms with Gasteiger partial charge < -0.3 is 14.8 Å². The molecule has 0 bridgehead atoms. The van der Waals surface area contributed by atoms with Gasteiger partial charge in [0.05, 0.1) is 6.61 Å². The zero-order valence-corrected chi connectivity index (χ0v) is 11.6. The highest BCUT2D eigenvalue weighted by Crippen LogP contribution is 2.05. The first-order chi connectivity index (χ1) is 8.24. The fourth-order valence-electron chi connectivity index (χ4n) is 2.15. The molecule has 1 heterocycles. The Morgan fingerprint density at radius 1 is 1.29 bits per heavy atom. The van der Waals surface area contributed by atoms with Gasteiger partial charge in [-0.25, -0.2) is 0 Å². The van der Waals surface area contributed by atoms with Crippen LogP contribution in [-0.4, -0.2) is 63.5 Å². The minimum Gasteiger partial charge on any atom is -0.383 e. The van der Waals surface area contributed by atoms with Crippen molar-refractivity contribution in [1.29, 1.82) is 0 Å². The maximum atomic E-state index is 5.35. The van der Waals surface area contributed by atoms with Crippen LogP contribution in [0.3, 0.4) is 0 Å². The maximum Gasteiger partial charge on any atom is 0.0589 e. The van der Waals surface area contributed by atoms with Gasteiger partial charge in [-0.1, -0.05) is 0 Å². The second-order valence-corrected chi connectivity index (χ2v) is 4.96. The Balaban J connectivity index is 2.12. The second kappa shape index (κ2) is 8.86. The summed E-state index contributed by atoms with van der Waals surface area (Å²) in [6.07, 6.45) is 2.31. The van der Waals surface area contributed by atoms with E-state index < -0.39 is 0 Å². The van der Waals surface area contributed by atoms with Crippen LogP contribution in [0.1, 0.15) is 26.7 Å². The molecule has 0 aromatic carbocycles. The van der Waals surface area contributed by atoms with E-state index in [-0.39, 0.29) is 0 Å². The molecule has 1 saturated heterocycles. The van der Waals surface area contributed by atoms with E-state index in [9.17, 15) is 0 Å². The Morgan fingerprint density at radius 2 is 2.00 bits per heavy atom. The fourth-order valence-corrected chi connectivity index (χ4v) is 2.15. The number of ether oxygens (including phenoxy) is 2. The molecule has 0 amide bonds. The van der Waals surface area contributed by atoms with Gasteiger partial charge in [0.25, 0.3) is 0 Å². The van der Waals surface area contributed by atoms with E-state index in [1.807, 2.05) is 0 Å². The van der Waals surface area contributed by atoms with Crippen molar-refractivity contribution >= 4 is 0 Å². The lowest BCUT2D eigenvalue weighted by molar-refractivity contribution is 0.0758. The van der Waals surface area contributed by atoms with Crippen molar-refractivity contribution in [3.05, 3.63) is 0 Å². The monoisotopic (exact) mass is 244 g/mol. The molecular formula is C13H28N2O2. The van der Waals surface area contributed by atoms with Gasteiger partial charge in [-0.3, -0.25) is 4.90 Å². The van der Waals surface area contributed by atoms with E-state index in [4.69, 9.17) is 9.47 Å². The molecule has 1 rings (SSSR count). The predicted molar refractivity (Wildman–Crippen MR) is 70.4 cm³/mol. The summed E-state index contributed by atoms with van der Waals surface area (Å²) < 4.78 is 10.5. The average Bonchev–Trinajstić information content (AvgIpc) is 2.34. The van der Waals surface area contributed by atoms with Crippen LogP contribution in [-0.2, 0) is 9.47 Å². The molecule has 0 atom stereocenters. The second-order valence-electron chi connectivity index (χ2n) is 4.96. The van der Waals surface area contributed by atoms with Crippen LogP contribution in [0.15, 0.2) is 0 Å². The number of nitrogens with zero attached hydrogens (tertiary/aromatic N) is 1. The molecule has 0 unspecified atom stereocenters. The largest absolute Gasteiger partial charge is 0.383 e. The third-order valence-corrected chi connectivity index (χ3v) is 3.37.